The fourth-order valence-electron chi connectivity index (χ4n) is 0.736. The number of carbonyl (C=O) groups is 1. The molecule has 5 heteroatoms. The molecular formula is C6H5F3O2. The lowest BCUT2D eigenvalue weighted by Crippen LogP contribution is -2.33. The molecule has 1 aliphatic heterocycles. The van der Waals surface area contributed by atoms with Gasteiger partial charge in [0.25, 0.3) is 5.78 Å². The van der Waals surface area contributed by atoms with Gasteiger partial charge in [0.1, 0.15) is 0 Å². The van der Waals surface area contributed by atoms with Gasteiger partial charge in [-0.1, -0.05) is 0 Å². The van der Waals surface area contributed by atoms with Crippen LogP contribution in [0.2, 0.25) is 0 Å². The number of carbonyl (C=O) groups excluding carboxylic acids is 1. The summed E-state index contributed by atoms with van der Waals surface area (Å²) in [5, 5.41) is 0. The highest BCUT2D eigenvalue weighted by atomic mass is 19.4. The Morgan fingerprint density at radius 1 is 1.55 bits per heavy atom. The van der Waals surface area contributed by atoms with Crippen LogP contribution in [0.15, 0.2) is 12.3 Å². The number of hydrogen-bond donors (Lipinski definition) is 0. The minimum absolute atomic E-state index is 0.0122. The van der Waals surface area contributed by atoms with E-state index in [9.17, 15) is 18.0 Å². The summed E-state index contributed by atoms with van der Waals surface area (Å²) in [5.41, 5.74) is 0. The summed E-state index contributed by atoms with van der Waals surface area (Å²) in [5.74, 6) is -1.82. The average molecular weight is 166 g/mol. The maximum atomic E-state index is 11.6. The Hall–Kier alpha value is -1.00. The molecule has 11 heavy (non-hydrogen) atoms. The van der Waals surface area contributed by atoms with E-state index in [1.807, 2.05) is 0 Å². The highest BCUT2D eigenvalue weighted by molar-refractivity contribution is 5.88. The maximum absolute atomic E-state index is 11.6. The second-order valence-electron chi connectivity index (χ2n) is 2.09. The molecule has 0 bridgehead atoms. The predicted molar refractivity (Wildman–Crippen MR) is 29.7 cm³/mol. The first-order valence-corrected chi connectivity index (χ1v) is 2.93. The van der Waals surface area contributed by atoms with Gasteiger partial charge in [-0.05, 0) is 6.08 Å². The van der Waals surface area contributed by atoms with E-state index in [2.05, 4.69) is 4.74 Å². The smallest absolute Gasteiger partial charge is 0.453 e. The average Bonchev–Trinajstić information content (AvgIpc) is 2.34. The molecule has 2 nitrogen and oxygen atoms in total. The van der Waals surface area contributed by atoms with Gasteiger partial charge in [-0.3, -0.25) is 4.79 Å². The predicted octanol–water partition coefficient (Wildman–Crippen LogP) is 1.42. The number of halogens is 3. The van der Waals surface area contributed by atoms with Gasteiger partial charge in [0.15, 0.2) is 6.10 Å². The van der Waals surface area contributed by atoms with Gasteiger partial charge >= 0.3 is 6.18 Å². The fourth-order valence-corrected chi connectivity index (χ4v) is 0.736. The van der Waals surface area contributed by atoms with Crippen molar-refractivity contribution in [2.24, 2.45) is 0 Å². The van der Waals surface area contributed by atoms with E-state index >= 15 is 0 Å². The molecule has 1 atom stereocenters. The van der Waals surface area contributed by atoms with Crippen molar-refractivity contribution in [2.45, 2.75) is 18.7 Å². The van der Waals surface area contributed by atoms with Crippen LogP contribution in [0.5, 0.6) is 0 Å². The highest BCUT2D eigenvalue weighted by Gasteiger charge is 2.44. The molecule has 0 fully saturated rings. The first kappa shape index (κ1) is 8.10. The summed E-state index contributed by atoms with van der Waals surface area (Å²) in [7, 11) is 0. The molecule has 1 aliphatic rings. The van der Waals surface area contributed by atoms with E-state index in [-0.39, 0.29) is 6.42 Å². The van der Waals surface area contributed by atoms with Crippen LogP contribution in [0.1, 0.15) is 6.42 Å². The number of ether oxygens (including phenoxy) is 1. The number of alkyl halides is 3. The first-order chi connectivity index (χ1) is 5.02. The molecule has 0 saturated carbocycles. The van der Waals surface area contributed by atoms with Crippen LogP contribution in [0.4, 0.5) is 13.2 Å². The Bertz CT molecular complexity index is 186. The largest absolute Gasteiger partial charge is 0.490 e. The van der Waals surface area contributed by atoms with E-state index in [0.717, 1.165) is 6.26 Å². The summed E-state index contributed by atoms with van der Waals surface area (Å²) in [6.45, 7) is 0. The Balaban J connectivity index is 2.55. The van der Waals surface area contributed by atoms with Crippen molar-refractivity contribution < 1.29 is 22.7 Å². The Kier molecular flexibility index (Phi) is 1.89. The molecule has 0 aromatic rings. The third-order valence-electron chi connectivity index (χ3n) is 1.26. The zero-order valence-electron chi connectivity index (χ0n) is 5.39. The zero-order valence-corrected chi connectivity index (χ0v) is 5.39. The standard InChI is InChI=1S/C6H5F3O2/c7-6(8,9)5(10)4-2-1-3-11-4/h1,3-4H,2H2. The molecule has 1 heterocycles. The summed E-state index contributed by atoms with van der Waals surface area (Å²) >= 11 is 0. The lowest BCUT2D eigenvalue weighted by atomic mass is 10.2. The van der Waals surface area contributed by atoms with E-state index in [1.54, 1.807) is 0 Å². The second-order valence-corrected chi connectivity index (χ2v) is 2.09. The monoisotopic (exact) mass is 166 g/mol. The van der Waals surface area contributed by atoms with Crippen molar-refractivity contribution in [1.82, 2.24) is 0 Å². The van der Waals surface area contributed by atoms with Crippen LogP contribution in [0.25, 0.3) is 0 Å². The molecule has 0 saturated heterocycles. The maximum Gasteiger partial charge on any atom is 0.453 e. The van der Waals surface area contributed by atoms with Gasteiger partial charge in [0, 0.05) is 6.42 Å². The van der Waals surface area contributed by atoms with Gasteiger partial charge in [-0.15, -0.1) is 0 Å². The van der Waals surface area contributed by atoms with Crippen LogP contribution in [0, 0.1) is 0 Å². The van der Waals surface area contributed by atoms with Gasteiger partial charge in [-0.25, -0.2) is 0 Å². The molecule has 0 aliphatic carbocycles. The molecule has 0 N–H and O–H groups in total. The number of hydrogen-bond acceptors (Lipinski definition) is 2. The van der Waals surface area contributed by atoms with Crippen molar-refractivity contribution in [2.75, 3.05) is 0 Å². The Labute approximate surface area is 60.6 Å². The minimum atomic E-state index is -4.78. The Morgan fingerprint density at radius 2 is 2.18 bits per heavy atom. The van der Waals surface area contributed by atoms with Gasteiger partial charge < -0.3 is 4.74 Å². The van der Waals surface area contributed by atoms with Crippen molar-refractivity contribution >= 4 is 5.78 Å². The SMILES string of the molecule is O=C(C1CC=CO1)C(F)(F)F. The van der Waals surface area contributed by atoms with Crippen molar-refractivity contribution in [3.05, 3.63) is 12.3 Å². The van der Waals surface area contributed by atoms with Crippen LogP contribution in [-0.2, 0) is 9.53 Å². The molecule has 1 rings (SSSR count). The molecule has 0 aromatic carbocycles. The zero-order chi connectivity index (χ0) is 8.48. The molecule has 0 spiro atoms. The molecule has 0 radical (unpaired) electrons. The van der Waals surface area contributed by atoms with Gasteiger partial charge in [-0.2, -0.15) is 13.2 Å². The highest BCUT2D eigenvalue weighted by Crippen LogP contribution is 2.23. The van der Waals surface area contributed by atoms with Crippen molar-refractivity contribution in [3.63, 3.8) is 0 Å². The molecule has 0 aromatic heterocycles. The van der Waals surface area contributed by atoms with Crippen molar-refractivity contribution in [3.8, 4) is 0 Å². The third-order valence-corrected chi connectivity index (χ3v) is 1.26. The van der Waals surface area contributed by atoms with Gasteiger partial charge in [0.05, 0.1) is 6.26 Å². The summed E-state index contributed by atoms with van der Waals surface area (Å²) < 4.78 is 39.3. The van der Waals surface area contributed by atoms with Crippen LogP contribution in [-0.4, -0.2) is 18.1 Å². The molecule has 1 unspecified atom stereocenters. The van der Waals surface area contributed by atoms with Crippen LogP contribution in [0.3, 0.4) is 0 Å². The number of ketones is 1. The topological polar surface area (TPSA) is 26.3 Å². The van der Waals surface area contributed by atoms with E-state index in [1.165, 1.54) is 6.08 Å². The summed E-state index contributed by atoms with van der Waals surface area (Å²) in [4.78, 5) is 10.4. The lowest BCUT2D eigenvalue weighted by molar-refractivity contribution is -0.179. The second kappa shape index (κ2) is 2.56. The Morgan fingerprint density at radius 3 is 2.55 bits per heavy atom. The van der Waals surface area contributed by atoms with Gasteiger partial charge in [0.2, 0.25) is 0 Å². The van der Waals surface area contributed by atoms with E-state index in [0.29, 0.717) is 0 Å². The van der Waals surface area contributed by atoms with Crippen LogP contribution < -0.4 is 0 Å². The first-order valence-electron chi connectivity index (χ1n) is 2.93. The van der Waals surface area contributed by atoms with Crippen LogP contribution >= 0.6 is 0 Å². The molecular weight excluding hydrogens is 161 g/mol. The quantitative estimate of drug-likeness (QED) is 0.588. The number of rotatable bonds is 1. The molecule has 62 valence electrons. The fraction of sp³-hybridized carbons (Fsp3) is 0.500. The normalized spacial score (nSPS) is 23.4. The number of Topliss-reactive ketones (excluding diaryl/α,β-unsaturated/α-hetero) is 1. The summed E-state index contributed by atoms with van der Waals surface area (Å²) in [6.07, 6.45) is -3.63. The molecule has 0 amide bonds. The minimum Gasteiger partial charge on any atom is -0.490 e. The van der Waals surface area contributed by atoms with Crippen molar-refractivity contribution in [1.29, 1.82) is 0 Å². The third kappa shape index (κ3) is 1.72. The van der Waals surface area contributed by atoms with E-state index in [4.69, 9.17) is 0 Å². The lowest BCUT2D eigenvalue weighted by Gasteiger charge is -2.10. The van der Waals surface area contributed by atoms with E-state index < -0.39 is 18.1 Å². The summed E-state index contributed by atoms with van der Waals surface area (Å²) in [6, 6.07) is 0.